The Hall–Kier alpha value is -0.320. The number of nitrogens with one attached hydrogen (secondary N) is 1. The Labute approximate surface area is 85.6 Å². The summed E-state index contributed by atoms with van der Waals surface area (Å²) in [6.07, 6.45) is 0. The highest BCUT2D eigenvalue weighted by Gasteiger charge is 2.21. The molecule has 0 aromatic heterocycles. The van der Waals surface area contributed by atoms with Crippen LogP contribution in [0.2, 0.25) is 0 Å². The Morgan fingerprint density at radius 2 is 2.00 bits per heavy atom. The van der Waals surface area contributed by atoms with E-state index in [4.69, 9.17) is 10.5 Å². The number of likely N-dealkylation sites (N-methyl/N-ethyl adjacent to an activating group) is 1. The number of hydrogen-bond donors (Lipinski definition) is 2. The van der Waals surface area contributed by atoms with E-state index in [-0.39, 0.29) is 18.4 Å². The zero-order chi connectivity index (χ0) is 9.78. The van der Waals surface area contributed by atoms with Crippen molar-refractivity contribution < 1.29 is 9.53 Å². The Morgan fingerprint density at radius 1 is 1.54 bits per heavy atom. The van der Waals surface area contributed by atoms with Gasteiger partial charge in [-0.15, -0.1) is 12.4 Å². The molecule has 5 heteroatoms. The molecule has 0 fully saturated rings. The highest BCUT2D eigenvalue weighted by Crippen LogP contribution is 2.07. The van der Waals surface area contributed by atoms with Gasteiger partial charge in [-0.2, -0.15) is 0 Å². The van der Waals surface area contributed by atoms with Gasteiger partial charge in [0.2, 0.25) is 0 Å². The number of hydrogen-bond acceptors (Lipinski definition) is 4. The van der Waals surface area contributed by atoms with E-state index in [1.54, 1.807) is 7.05 Å². The summed E-state index contributed by atoms with van der Waals surface area (Å²) in [5.74, 6) is -0.364. The molecule has 0 radical (unpaired) electrons. The van der Waals surface area contributed by atoms with Gasteiger partial charge in [0.05, 0.1) is 0 Å². The Kier molecular flexibility index (Phi) is 7.21. The molecule has 0 spiro atoms. The zero-order valence-electron chi connectivity index (χ0n) is 8.59. The van der Waals surface area contributed by atoms with Crippen LogP contribution in [-0.4, -0.2) is 31.2 Å². The first-order chi connectivity index (χ1) is 5.37. The molecule has 0 aromatic rings. The lowest BCUT2D eigenvalue weighted by Crippen LogP contribution is -2.43. The van der Waals surface area contributed by atoms with Crippen molar-refractivity contribution in [3.63, 3.8) is 0 Å². The molecule has 0 bridgehead atoms. The first-order valence-corrected chi connectivity index (χ1v) is 4.00. The Balaban J connectivity index is 0. The average molecular weight is 211 g/mol. The van der Waals surface area contributed by atoms with Crippen LogP contribution in [0.5, 0.6) is 0 Å². The fraction of sp³-hybridized carbons (Fsp3) is 0.875. The topological polar surface area (TPSA) is 64.3 Å². The molecule has 0 saturated carbocycles. The maximum Gasteiger partial charge on any atom is 0.324 e. The molecule has 0 aromatic carbocycles. The lowest BCUT2D eigenvalue weighted by atomic mass is 10.2. The van der Waals surface area contributed by atoms with Crippen LogP contribution in [0.4, 0.5) is 0 Å². The summed E-state index contributed by atoms with van der Waals surface area (Å²) in [5, 5.41) is 2.81. The second kappa shape index (κ2) is 6.18. The molecule has 4 nitrogen and oxygen atoms in total. The van der Waals surface area contributed by atoms with Crippen LogP contribution in [0, 0.1) is 0 Å². The molecule has 0 aliphatic rings. The summed E-state index contributed by atoms with van der Waals surface area (Å²) in [6, 6.07) is -0.575. The molecule has 0 rings (SSSR count). The molecule has 13 heavy (non-hydrogen) atoms. The molecule has 80 valence electrons. The number of esters is 1. The molecule has 0 amide bonds. The average Bonchev–Trinajstić information content (AvgIpc) is 1.84. The molecule has 1 unspecified atom stereocenters. The Bertz CT molecular complexity index is 157. The van der Waals surface area contributed by atoms with E-state index in [2.05, 4.69) is 5.32 Å². The van der Waals surface area contributed by atoms with Gasteiger partial charge in [-0.25, -0.2) is 0 Å². The van der Waals surface area contributed by atoms with Crippen LogP contribution >= 0.6 is 12.4 Å². The molecular weight excluding hydrogens is 192 g/mol. The number of rotatable bonds is 3. The van der Waals surface area contributed by atoms with Crippen LogP contribution in [0.25, 0.3) is 0 Å². The monoisotopic (exact) mass is 210 g/mol. The summed E-state index contributed by atoms with van der Waals surface area (Å²) in [6.45, 7) is 5.89. The van der Waals surface area contributed by atoms with Crippen molar-refractivity contribution in [2.24, 2.45) is 5.73 Å². The van der Waals surface area contributed by atoms with Gasteiger partial charge in [-0.3, -0.25) is 4.79 Å². The first kappa shape index (κ1) is 15.2. The SMILES string of the molecule is CNCC(N)C(=O)OC(C)(C)C.Cl. The van der Waals surface area contributed by atoms with Crippen LogP contribution in [-0.2, 0) is 9.53 Å². The summed E-state index contributed by atoms with van der Waals surface area (Å²) >= 11 is 0. The second-order valence-corrected chi connectivity index (χ2v) is 3.70. The van der Waals surface area contributed by atoms with Gasteiger partial charge in [0.1, 0.15) is 11.6 Å². The van der Waals surface area contributed by atoms with Gasteiger partial charge in [0.15, 0.2) is 0 Å². The standard InChI is InChI=1S/C8H18N2O2.ClH/c1-8(2,3)12-7(11)6(9)5-10-4;/h6,10H,5,9H2,1-4H3;1H. The normalized spacial score (nSPS) is 13.0. The van der Waals surface area contributed by atoms with Crippen molar-refractivity contribution in [1.82, 2.24) is 5.32 Å². The third kappa shape index (κ3) is 8.02. The lowest BCUT2D eigenvalue weighted by Gasteiger charge is -2.21. The van der Waals surface area contributed by atoms with Crippen LogP contribution in [0.1, 0.15) is 20.8 Å². The summed E-state index contributed by atoms with van der Waals surface area (Å²) in [7, 11) is 1.74. The molecule has 0 aliphatic heterocycles. The van der Waals surface area contributed by atoms with E-state index in [1.165, 1.54) is 0 Å². The minimum atomic E-state index is -0.575. The van der Waals surface area contributed by atoms with Crippen LogP contribution in [0.3, 0.4) is 0 Å². The minimum absolute atomic E-state index is 0. The lowest BCUT2D eigenvalue weighted by molar-refractivity contribution is -0.156. The molecular formula is C8H19ClN2O2. The zero-order valence-corrected chi connectivity index (χ0v) is 9.40. The van der Waals surface area contributed by atoms with Crippen LogP contribution in [0.15, 0.2) is 0 Å². The van der Waals surface area contributed by atoms with E-state index < -0.39 is 11.6 Å². The maximum absolute atomic E-state index is 11.2. The van der Waals surface area contributed by atoms with Gasteiger partial charge in [0.25, 0.3) is 0 Å². The largest absolute Gasteiger partial charge is 0.459 e. The van der Waals surface area contributed by atoms with E-state index in [1.807, 2.05) is 20.8 Å². The van der Waals surface area contributed by atoms with Crippen molar-refractivity contribution in [2.75, 3.05) is 13.6 Å². The number of nitrogens with two attached hydrogens (primary N) is 1. The van der Waals surface area contributed by atoms with E-state index in [0.717, 1.165) is 0 Å². The van der Waals surface area contributed by atoms with E-state index in [9.17, 15) is 4.79 Å². The highest BCUT2D eigenvalue weighted by atomic mass is 35.5. The fourth-order valence-corrected chi connectivity index (χ4v) is 0.681. The summed E-state index contributed by atoms with van der Waals surface area (Å²) < 4.78 is 5.05. The van der Waals surface area contributed by atoms with Gasteiger partial charge in [0, 0.05) is 6.54 Å². The number of halogens is 1. The predicted molar refractivity (Wildman–Crippen MR) is 55.0 cm³/mol. The summed E-state index contributed by atoms with van der Waals surface area (Å²) in [5.41, 5.74) is 5.04. The van der Waals surface area contributed by atoms with Crippen molar-refractivity contribution >= 4 is 18.4 Å². The van der Waals surface area contributed by atoms with Crippen LogP contribution < -0.4 is 11.1 Å². The molecule has 3 N–H and O–H groups in total. The van der Waals surface area contributed by atoms with Gasteiger partial charge >= 0.3 is 5.97 Å². The van der Waals surface area contributed by atoms with Crippen molar-refractivity contribution in [1.29, 1.82) is 0 Å². The number of carbonyl (C=O) groups is 1. The fourth-order valence-electron chi connectivity index (χ4n) is 0.681. The van der Waals surface area contributed by atoms with Crippen molar-refractivity contribution in [3.05, 3.63) is 0 Å². The first-order valence-electron chi connectivity index (χ1n) is 4.00. The highest BCUT2D eigenvalue weighted by molar-refractivity contribution is 5.85. The number of carbonyl (C=O) groups excluding carboxylic acids is 1. The quantitative estimate of drug-likeness (QED) is 0.658. The van der Waals surface area contributed by atoms with Gasteiger partial charge in [-0.05, 0) is 27.8 Å². The van der Waals surface area contributed by atoms with Crippen molar-refractivity contribution in [3.8, 4) is 0 Å². The molecule has 0 saturated heterocycles. The third-order valence-electron chi connectivity index (χ3n) is 1.13. The Morgan fingerprint density at radius 3 is 2.31 bits per heavy atom. The van der Waals surface area contributed by atoms with Crippen molar-refractivity contribution in [2.45, 2.75) is 32.4 Å². The summed E-state index contributed by atoms with van der Waals surface area (Å²) in [4.78, 5) is 11.2. The maximum atomic E-state index is 11.2. The predicted octanol–water partition coefficient (Wildman–Crippen LogP) is 0.297. The number of ether oxygens (including phenoxy) is 1. The van der Waals surface area contributed by atoms with Gasteiger partial charge < -0.3 is 15.8 Å². The smallest absolute Gasteiger partial charge is 0.324 e. The molecule has 0 heterocycles. The molecule has 1 atom stereocenters. The second-order valence-electron chi connectivity index (χ2n) is 3.70. The van der Waals surface area contributed by atoms with Gasteiger partial charge in [-0.1, -0.05) is 0 Å². The van der Waals surface area contributed by atoms with E-state index in [0.29, 0.717) is 6.54 Å². The minimum Gasteiger partial charge on any atom is -0.459 e. The van der Waals surface area contributed by atoms with E-state index >= 15 is 0 Å². The third-order valence-corrected chi connectivity index (χ3v) is 1.13. The molecule has 0 aliphatic carbocycles.